The van der Waals surface area contributed by atoms with Gasteiger partial charge in [0.15, 0.2) is 17.2 Å². The Kier molecular flexibility index (Phi) is 4.23. The number of oxazole rings is 1. The highest BCUT2D eigenvalue weighted by atomic mass is 16.3. The van der Waals surface area contributed by atoms with Crippen LogP contribution in [0, 0.1) is 0 Å². The molecule has 0 bridgehead atoms. The average Bonchev–Trinajstić information content (AvgIpc) is 3.29. The van der Waals surface area contributed by atoms with Gasteiger partial charge in [0.2, 0.25) is 0 Å². The quantitative estimate of drug-likeness (QED) is 0.763. The summed E-state index contributed by atoms with van der Waals surface area (Å²) in [6.45, 7) is 3.94. The van der Waals surface area contributed by atoms with E-state index in [0.29, 0.717) is 23.3 Å². The molecule has 7 nitrogen and oxygen atoms in total. The van der Waals surface area contributed by atoms with E-state index in [1.807, 2.05) is 36.0 Å². The topological polar surface area (TPSA) is 85.0 Å². The van der Waals surface area contributed by atoms with Crippen LogP contribution in [0.5, 0.6) is 0 Å². The number of rotatable bonds is 4. The van der Waals surface area contributed by atoms with Gasteiger partial charge in [0.25, 0.3) is 5.91 Å². The van der Waals surface area contributed by atoms with Gasteiger partial charge in [-0.15, -0.1) is 0 Å². The number of piperidine rings is 1. The lowest BCUT2D eigenvalue weighted by molar-refractivity contribution is 0.102. The monoisotopic (exact) mass is 339 g/mol. The van der Waals surface area contributed by atoms with Gasteiger partial charge in [0.05, 0.1) is 6.04 Å². The van der Waals surface area contributed by atoms with Gasteiger partial charge >= 0.3 is 0 Å². The molecule has 1 aromatic carbocycles. The summed E-state index contributed by atoms with van der Waals surface area (Å²) in [5, 5.41) is 10.7. The number of carbonyl (C=O) groups excluding carboxylic acids is 1. The lowest BCUT2D eigenvalue weighted by atomic mass is 10.1. The van der Waals surface area contributed by atoms with Crippen LogP contribution in [0.3, 0.4) is 0 Å². The second-order valence-corrected chi connectivity index (χ2v) is 6.28. The highest BCUT2D eigenvalue weighted by Crippen LogP contribution is 2.21. The van der Waals surface area contributed by atoms with E-state index in [-0.39, 0.29) is 5.91 Å². The summed E-state index contributed by atoms with van der Waals surface area (Å²) in [5.74, 6) is 0.472. The standard InChI is InChI=1S/C18H21N5O2/c1-2-17-21-15-10-12(5-6-16(15)25-17)20-18(24)14-7-9-23(22-14)13-4-3-8-19-11-13/h5-7,9-10,13,19H,2-4,8,11H2,1H3,(H,20,24). The van der Waals surface area contributed by atoms with Gasteiger partial charge in [-0.3, -0.25) is 9.48 Å². The summed E-state index contributed by atoms with van der Waals surface area (Å²) < 4.78 is 7.47. The van der Waals surface area contributed by atoms with Crippen molar-refractivity contribution in [2.75, 3.05) is 18.4 Å². The largest absolute Gasteiger partial charge is 0.441 e. The van der Waals surface area contributed by atoms with Crippen molar-refractivity contribution in [1.82, 2.24) is 20.1 Å². The maximum atomic E-state index is 12.5. The fourth-order valence-corrected chi connectivity index (χ4v) is 3.12. The van der Waals surface area contributed by atoms with Gasteiger partial charge in [-0.2, -0.15) is 5.10 Å². The predicted molar refractivity (Wildman–Crippen MR) is 94.7 cm³/mol. The highest BCUT2D eigenvalue weighted by Gasteiger charge is 2.18. The van der Waals surface area contributed by atoms with Crippen molar-refractivity contribution in [2.24, 2.45) is 0 Å². The molecule has 1 unspecified atom stereocenters. The van der Waals surface area contributed by atoms with Crippen LogP contribution < -0.4 is 10.6 Å². The maximum absolute atomic E-state index is 12.5. The minimum Gasteiger partial charge on any atom is -0.441 e. The zero-order valence-electron chi connectivity index (χ0n) is 14.2. The molecule has 1 aliphatic rings. The molecular formula is C18H21N5O2. The molecule has 0 spiro atoms. The van der Waals surface area contributed by atoms with Gasteiger partial charge in [0.1, 0.15) is 5.52 Å². The molecule has 0 aliphatic carbocycles. The van der Waals surface area contributed by atoms with Crippen LogP contribution >= 0.6 is 0 Å². The molecule has 3 heterocycles. The lowest BCUT2D eigenvalue weighted by Gasteiger charge is -2.22. The second kappa shape index (κ2) is 6.68. The number of fused-ring (bicyclic) bond motifs is 1. The Labute approximate surface area is 145 Å². The predicted octanol–water partition coefficient (Wildman–Crippen LogP) is 2.76. The molecule has 0 radical (unpaired) electrons. The molecule has 1 amide bonds. The Morgan fingerprint density at radius 1 is 1.44 bits per heavy atom. The van der Waals surface area contributed by atoms with Crippen molar-refractivity contribution < 1.29 is 9.21 Å². The van der Waals surface area contributed by atoms with Gasteiger partial charge in [-0.25, -0.2) is 4.98 Å². The Morgan fingerprint density at radius 3 is 3.16 bits per heavy atom. The van der Waals surface area contributed by atoms with E-state index >= 15 is 0 Å². The van der Waals surface area contributed by atoms with E-state index in [4.69, 9.17) is 4.42 Å². The average molecular weight is 339 g/mol. The van der Waals surface area contributed by atoms with E-state index < -0.39 is 0 Å². The van der Waals surface area contributed by atoms with E-state index in [1.54, 1.807) is 6.07 Å². The minimum atomic E-state index is -0.221. The number of hydrogen-bond donors (Lipinski definition) is 2. The SMILES string of the molecule is CCc1nc2cc(NC(=O)c3ccn(C4CCCNC4)n3)ccc2o1. The van der Waals surface area contributed by atoms with Crippen molar-refractivity contribution in [3.63, 3.8) is 0 Å². The highest BCUT2D eigenvalue weighted by molar-refractivity contribution is 6.03. The summed E-state index contributed by atoms with van der Waals surface area (Å²) in [5.41, 5.74) is 2.57. The molecule has 2 aromatic heterocycles. The summed E-state index contributed by atoms with van der Waals surface area (Å²) in [7, 11) is 0. The normalized spacial score (nSPS) is 17.7. The fourth-order valence-electron chi connectivity index (χ4n) is 3.12. The van der Waals surface area contributed by atoms with Crippen LogP contribution in [0.2, 0.25) is 0 Å². The Morgan fingerprint density at radius 2 is 2.36 bits per heavy atom. The van der Waals surface area contributed by atoms with Crippen molar-refractivity contribution in [2.45, 2.75) is 32.2 Å². The smallest absolute Gasteiger partial charge is 0.276 e. The van der Waals surface area contributed by atoms with Gasteiger partial charge in [-0.1, -0.05) is 6.92 Å². The minimum absolute atomic E-state index is 0.221. The number of aryl methyl sites for hydroxylation is 1. The number of aromatic nitrogens is 3. The maximum Gasteiger partial charge on any atom is 0.276 e. The van der Waals surface area contributed by atoms with Crippen molar-refractivity contribution in [3.8, 4) is 0 Å². The van der Waals surface area contributed by atoms with Crippen molar-refractivity contribution >= 4 is 22.7 Å². The number of nitrogens with one attached hydrogen (secondary N) is 2. The molecule has 1 fully saturated rings. The molecular weight excluding hydrogens is 318 g/mol. The number of carbonyl (C=O) groups is 1. The zero-order valence-corrected chi connectivity index (χ0v) is 14.2. The first kappa shape index (κ1) is 15.8. The summed E-state index contributed by atoms with van der Waals surface area (Å²) >= 11 is 0. The Balaban J connectivity index is 1.48. The Bertz CT molecular complexity index is 892. The Hall–Kier alpha value is -2.67. The molecule has 1 saturated heterocycles. The zero-order chi connectivity index (χ0) is 17.2. The first-order valence-electron chi connectivity index (χ1n) is 8.69. The van der Waals surface area contributed by atoms with Crippen molar-refractivity contribution in [1.29, 1.82) is 0 Å². The van der Waals surface area contributed by atoms with Crippen LogP contribution in [0.1, 0.15) is 42.2 Å². The summed E-state index contributed by atoms with van der Waals surface area (Å²) in [6, 6.07) is 7.52. The molecule has 3 aromatic rings. The van der Waals surface area contributed by atoms with Crippen LogP contribution in [0.25, 0.3) is 11.1 Å². The van der Waals surface area contributed by atoms with Gasteiger partial charge in [-0.05, 0) is 43.7 Å². The summed E-state index contributed by atoms with van der Waals surface area (Å²) in [6.07, 6.45) is 4.83. The number of anilines is 1. The lowest BCUT2D eigenvalue weighted by Crippen LogP contribution is -2.32. The molecule has 4 rings (SSSR count). The molecule has 1 atom stereocenters. The van der Waals surface area contributed by atoms with Gasteiger partial charge in [0, 0.05) is 24.8 Å². The van der Waals surface area contributed by atoms with Crippen LogP contribution in [0.15, 0.2) is 34.9 Å². The molecule has 1 aliphatic heterocycles. The molecule has 7 heteroatoms. The van der Waals surface area contributed by atoms with Crippen molar-refractivity contribution in [3.05, 3.63) is 42.0 Å². The summed E-state index contributed by atoms with van der Waals surface area (Å²) in [4.78, 5) is 16.9. The van der Waals surface area contributed by atoms with E-state index in [9.17, 15) is 4.79 Å². The van der Waals surface area contributed by atoms with E-state index in [2.05, 4.69) is 20.7 Å². The number of benzene rings is 1. The second-order valence-electron chi connectivity index (χ2n) is 6.28. The third kappa shape index (κ3) is 3.28. The first-order valence-corrected chi connectivity index (χ1v) is 8.69. The third-order valence-corrected chi connectivity index (χ3v) is 4.48. The number of hydrogen-bond acceptors (Lipinski definition) is 5. The van der Waals surface area contributed by atoms with Crippen LogP contribution in [0.4, 0.5) is 5.69 Å². The van der Waals surface area contributed by atoms with Crippen LogP contribution in [-0.2, 0) is 6.42 Å². The molecule has 130 valence electrons. The number of amides is 1. The third-order valence-electron chi connectivity index (χ3n) is 4.48. The molecule has 25 heavy (non-hydrogen) atoms. The van der Waals surface area contributed by atoms with Crippen LogP contribution in [-0.4, -0.2) is 33.8 Å². The van der Waals surface area contributed by atoms with Gasteiger partial charge < -0.3 is 15.1 Å². The molecule has 2 N–H and O–H groups in total. The van der Waals surface area contributed by atoms with E-state index in [0.717, 1.165) is 43.5 Å². The fraction of sp³-hybridized carbons (Fsp3) is 0.389. The molecule has 0 saturated carbocycles. The number of nitrogens with zero attached hydrogens (tertiary/aromatic N) is 3. The first-order chi connectivity index (χ1) is 12.2. The van der Waals surface area contributed by atoms with E-state index in [1.165, 1.54) is 0 Å².